The molecule has 0 saturated heterocycles. The molecule has 2 saturated carbocycles. The molecule has 2 nitrogen and oxygen atoms in total. The summed E-state index contributed by atoms with van der Waals surface area (Å²) in [4.78, 5) is 16.2. The number of thioether (sulfide) groups is 1. The van der Waals surface area contributed by atoms with Crippen LogP contribution in [0.4, 0.5) is 4.39 Å². The maximum atomic E-state index is 14.3. The first-order valence-electron chi connectivity index (χ1n) is 7.29. The van der Waals surface area contributed by atoms with Gasteiger partial charge >= 0.3 is 0 Å². The zero-order valence-corrected chi connectivity index (χ0v) is 12.7. The van der Waals surface area contributed by atoms with Gasteiger partial charge in [-0.3, -0.25) is 4.79 Å². The number of halogens is 1. The Hall–Kier alpha value is -0.380. The fourth-order valence-corrected chi connectivity index (χ4v) is 5.11. The van der Waals surface area contributed by atoms with Crippen molar-refractivity contribution in [3.63, 3.8) is 0 Å². The molecule has 2 fully saturated rings. The predicted molar refractivity (Wildman–Crippen MR) is 77.2 cm³/mol. The molecule has 0 radical (unpaired) electrons. The normalized spacial score (nSPS) is 42.0. The first kappa shape index (κ1) is 13.6. The summed E-state index contributed by atoms with van der Waals surface area (Å²) in [5.41, 5.74) is -1.53. The summed E-state index contributed by atoms with van der Waals surface area (Å²) in [5, 5.41) is 0.871. The van der Waals surface area contributed by atoms with Crippen molar-refractivity contribution in [1.82, 2.24) is 0 Å². The van der Waals surface area contributed by atoms with Gasteiger partial charge in [0.2, 0.25) is 0 Å². The van der Waals surface area contributed by atoms with Crippen LogP contribution in [-0.4, -0.2) is 21.4 Å². The van der Waals surface area contributed by atoms with Gasteiger partial charge in [-0.25, -0.2) is 9.38 Å². The zero-order valence-electron chi connectivity index (χ0n) is 11.9. The van der Waals surface area contributed by atoms with E-state index in [1.54, 1.807) is 6.92 Å². The first-order chi connectivity index (χ1) is 8.79. The van der Waals surface area contributed by atoms with E-state index >= 15 is 0 Å². The summed E-state index contributed by atoms with van der Waals surface area (Å²) >= 11 is 1.37. The van der Waals surface area contributed by atoms with E-state index in [0.717, 1.165) is 23.3 Å². The summed E-state index contributed by atoms with van der Waals surface area (Å²) in [7, 11) is 0. The Morgan fingerprint density at radius 1 is 1.42 bits per heavy atom. The van der Waals surface area contributed by atoms with Crippen molar-refractivity contribution in [3.05, 3.63) is 0 Å². The van der Waals surface area contributed by atoms with E-state index in [-0.39, 0.29) is 5.91 Å². The first-order valence-corrected chi connectivity index (χ1v) is 8.11. The van der Waals surface area contributed by atoms with E-state index in [1.165, 1.54) is 51.3 Å². The number of rotatable bonds is 3. The highest BCUT2D eigenvalue weighted by atomic mass is 32.2. The maximum Gasteiger partial charge on any atom is 0.266 e. The molecule has 0 aromatic carbocycles. The van der Waals surface area contributed by atoms with Gasteiger partial charge in [-0.2, -0.15) is 0 Å². The van der Waals surface area contributed by atoms with Crippen LogP contribution in [0.15, 0.2) is 4.99 Å². The number of fused-ring (bicyclic) bond motifs is 2. The molecule has 1 amide bonds. The molecule has 0 N–H and O–H groups in total. The van der Waals surface area contributed by atoms with Gasteiger partial charge in [0.1, 0.15) is 10.4 Å². The van der Waals surface area contributed by atoms with Gasteiger partial charge in [-0.1, -0.05) is 18.2 Å². The van der Waals surface area contributed by atoms with Crippen molar-refractivity contribution >= 4 is 22.7 Å². The highest BCUT2D eigenvalue weighted by Crippen LogP contribution is 2.52. The lowest BCUT2D eigenvalue weighted by atomic mass is 9.87. The molecular formula is C15H22FNOS. The average molecular weight is 283 g/mol. The molecule has 106 valence electrons. The Labute approximate surface area is 118 Å². The third-order valence-corrected chi connectivity index (χ3v) is 6.97. The Kier molecular flexibility index (Phi) is 3.08. The van der Waals surface area contributed by atoms with Crippen LogP contribution in [-0.2, 0) is 4.79 Å². The molecule has 4 heteroatoms. The van der Waals surface area contributed by atoms with Crippen LogP contribution in [0.3, 0.4) is 0 Å². The van der Waals surface area contributed by atoms with Crippen LogP contribution >= 0.6 is 11.8 Å². The molecule has 0 aromatic heterocycles. The van der Waals surface area contributed by atoms with E-state index in [1.807, 2.05) is 0 Å². The van der Waals surface area contributed by atoms with Crippen LogP contribution in [0.5, 0.6) is 0 Å². The summed E-state index contributed by atoms with van der Waals surface area (Å²) in [6.07, 6.45) is 6.27. The van der Waals surface area contributed by atoms with Crippen LogP contribution in [0.25, 0.3) is 0 Å². The number of carbonyl (C=O) groups is 1. The van der Waals surface area contributed by atoms with Crippen molar-refractivity contribution in [2.45, 2.75) is 63.3 Å². The minimum atomic E-state index is -1.53. The summed E-state index contributed by atoms with van der Waals surface area (Å²) in [6.45, 7) is 4.65. The van der Waals surface area contributed by atoms with Crippen molar-refractivity contribution in [1.29, 1.82) is 0 Å². The lowest BCUT2D eigenvalue weighted by Gasteiger charge is -2.31. The monoisotopic (exact) mass is 283 g/mol. The second-order valence-electron chi connectivity index (χ2n) is 7.06. The molecule has 0 unspecified atom stereocenters. The summed E-state index contributed by atoms with van der Waals surface area (Å²) in [6, 6.07) is 0. The lowest BCUT2D eigenvalue weighted by molar-refractivity contribution is -0.122. The van der Waals surface area contributed by atoms with Gasteiger partial charge in [0.15, 0.2) is 0 Å². The van der Waals surface area contributed by atoms with E-state index in [4.69, 9.17) is 0 Å². The topological polar surface area (TPSA) is 29.4 Å². The molecule has 3 rings (SSSR count). The molecular weight excluding hydrogens is 261 g/mol. The Bertz CT molecular complexity index is 442. The SMILES string of the molecule is CC(C)(F)[C@@]1(C)SC(C[C@H]2C[C@@H]3CC[C@H]2C3)=NC1=O. The molecule has 19 heavy (non-hydrogen) atoms. The Morgan fingerprint density at radius 3 is 2.63 bits per heavy atom. The fraction of sp³-hybridized carbons (Fsp3) is 0.867. The summed E-state index contributed by atoms with van der Waals surface area (Å²) < 4.78 is 13.2. The molecule has 1 heterocycles. The van der Waals surface area contributed by atoms with Crippen molar-refractivity contribution in [2.75, 3.05) is 0 Å². The van der Waals surface area contributed by atoms with Crippen LogP contribution in [0, 0.1) is 17.8 Å². The maximum absolute atomic E-state index is 14.3. The van der Waals surface area contributed by atoms with Crippen LogP contribution in [0.2, 0.25) is 0 Å². The molecule has 0 aromatic rings. The van der Waals surface area contributed by atoms with Gasteiger partial charge in [0.25, 0.3) is 5.91 Å². The van der Waals surface area contributed by atoms with Gasteiger partial charge in [0, 0.05) is 0 Å². The second kappa shape index (κ2) is 4.31. The van der Waals surface area contributed by atoms with E-state index < -0.39 is 10.4 Å². The molecule has 4 atom stereocenters. The number of hydrogen-bond donors (Lipinski definition) is 0. The lowest BCUT2D eigenvalue weighted by Crippen LogP contribution is -2.45. The van der Waals surface area contributed by atoms with E-state index in [0.29, 0.717) is 5.92 Å². The largest absolute Gasteiger partial charge is 0.271 e. The number of amides is 1. The highest BCUT2D eigenvalue weighted by molar-refractivity contribution is 8.16. The number of alkyl halides is 1. The van der Waals surface area contributed by atoms with Crippen molar-refractivity contribution in [2.24, 2.45) is 22.7 Å². The summed E-state index contributed by atoms with van der Waals surface area (Å²) in [5.74, 6) is 2.13. The minimum Gasteiger partial charge on any atom is -0.271 e. The van der Waals surface area contributed by atoms with E-state index in [9.17, 15) is 9.18 Å². The highest BCUT2D eigenvalue weighted by Gasteiger charge is 2.53. The number of nitrogens with zero attached hydrogens (tertiary/aromatic N) is 1. The Balaban J connectivity index is 1.68. The Morgan fingerprint density at radius 2 is 2.16 bits per heavy atom. The van der Waals surface area contributed by atoms with Gasteiger partial charge in [0.05, 0.1) is 5.04 Å². The van der Waals surface area contributed by atoms with E-state index in [2.05, 4.69) is 4.99 Å². The third-order valence-electron chi connectivity index (χ3n) is 5.41. The van der Waals surface area contributed by atoms with Crippen molar-refractivity contribution in [3.8, 4) is 0 Å². The molecule has 2 aliphatic carbocycles. The number of hydrogen-bond acceptors (Lipinski definition) is 2. The molecule has 1 aliphatic heterocycles. The van der Waals surface area contributed by atoms with Crippen molar-refractivity contribution < 1.29 is 9.18 Å². The van der Waals surface area contributed by atoms with Crippen LogP contribution < -0.4 is 0 Å². The quantitative estimate of drug-likeness (QED) is 0.783. The predicted octanol–water partition coefficient (Wildman–Crippen LogP) is 3.99. The molecule has 0 spiro atoms. The zero-order chi connectivity index (χ0) is 13.8. The number of aliphatic imine (C=N–C) groups is 1. The smallest absolute Gasteiger partial charge is 0.266 e. The standard InChI is InChI=1S/C15H22FNOS/c1-14(2,16)15(3)13(18)17-12(19-15)8-11-7-9-4-5-10(11)6-9/h9-11H,4-8H2,1-3H3/t9-,10+,11-,15+/m1/s1. The minimum absolute atomic E-state index is 0.289. The average Bonchev–Trinajstić information content (AvgIpc) is 2.94. The van der Waals surface area contributed by atoms with Gasteiger partial charge in [-0.05, 0) is 64.2 Å². The van der Waals surface area contributed by atoms with Crippen LogP contribution in [0.1, 0.15) is 52.9 Å². The fourth-order valence-electron chi connectivity index (χ4n) is 3.84. The molecule has 3 aliphatic rings. The number of carbonyl (C=O) groups excluding carboxylic acids is 1. The van der Waals surface area contributed by atoms with Gasteiger partial charge < -0.3 is 0 Å². The third kappa shape index (κ3) is 2.16. The van der Waals surface area contributed by atoms with Gasteiger partial charge in [-0.15, -0.1) is 0 Å². The molecule has 2 bridgehead atoms. The second-order valence-corrected chi connectivity index (χ2v) is 8.55.